The molecular weight excluding hydrogens is 239 g/mol. The third-order valence-electron chi connectivity index (χ3n) is 3.57. The molecule has 1 aromatic carbocycles. The van der Waals surface area contributed by atoms with Crippen molar-refractivity contribution in [1.82, 2.24) is 4.90 Å². The monoisotopic (exact) mass is 256 g/mol. The first-order chi connectivity index (χ1) is 8.15. The lowest BCUT2D eigenvalue weighted by Crippen LogP contribution is -2.36. The molecule has 2 nitrogen and oxygen atoms in total. The van der Waals surface area contributed by atoms with Crippen LogP contribution in [0.1, 0.15) is 31.4 Å². The van der Waals surface area contributed by atoms with E-state index < -0.39 is 0 Å². The Bertz CT molecular complexity index is 397. The van der Waals surface area contributed by atoms with Crippen LogP contribution in [0.2, 0.25) is 5.02 Å². The number of nitrogens with two attached hydrogens (primary N) is 1. The number of halogens is 2. The first-order valence-electron chi connectivity index (χ1n) is 6.05. The summed E-state index contributed by atoms with van der Waals surface area (Å²) in [5.41, 5.74) is 6.43. The highest BCUT2D eigenvalue weighted by atomic mass is 35.5. The summed E-state index contributed by atoms with van der Waals surface area (Å²) in [5, 5.41) is 0.174. The molecule has 2 unspecified atom stereocenters. The minimum atomic E-state index is -0.330. The number of benzene rings is 1. The van der Waals surface area contributed by atoms with E-state index >= 15 is 0 Å². The van der Waals surface area contributed by atoms with Gasteiger partial charge in [-0.2, -0.15) is 0 Å². The van der Waals surface area contributed by atoms with E-state index in [1.54, 1.807) is 18.2 Å². The quantitative estimate of drug-likeness (QED) is 0.901. The zero-order valence-corrected chi connectivity index (χ0v) is 10.8. The average molecular weight is 257 g/mol. The second-order valence-electron chi connectivity index (χ2n) is 4.62. The van der Waals surface area contributed by atoms with Gasteiger partial charge in [0.2, 0.25) is 0 Å². The van der Waals surface area contributed by atoms with E-state index in [0.717, 1.165) is 19.4 Å². The van der Waals surface area contributed by atoms with Crippen molar-refractivity contribution in [2.75, 3.05) is 13.1 Å². The minimum Gasteiger partial charge on any atom is -0.329 e. The molecule has 1 aromatic rings. The first kappa shape index (κ1) is 12.8. The Balaban J connectivity index is 2.31. The standard InChI is InChI=1S/C13H18ClFN2/c1-9-4-3-7-17(9)12(8-16)10-5-2-6-11(14)13(10)15/h2,5-6,9,12H,3-4,7-8,16H2,1H3. The Kier molecular flexibility index (Phi) is 4.02. The summed E-state index contributed by atoms with van der Waals surface area (Å²) < 4.78 is 14.0. The van der Waals surface area contributed by atoms with Crippen molar-refractivity contribution in [3.63, 3.8) is 0 Å². The van der Waals surface area contributed by atoms with Crippen LogP contribution in [0.15, 0.2) is 18.2 Å². The molecule has 0 radical (unpaired) electrons. The van der Waals surface area contributed by atoms with Crippen LogP contribution in [0.5, 0.6) is 0 Å². The van der Waals surface area contributed by atoms with Gasteiger partial charge in [0.15, 0.2) is 0 Å². The molecule has 2 atom stereocenters. The third kappa shape index (κ3) is 2.46. The highest BCUT2D eigenvalue weighted by Gasteiger charge is 2.29. The van der Waals surface area contributed by atoms with Crippen LogP contribution in [0.25, 0.3) is 0 Å². The summed E-state index contributed by atoms with van der Waals surface area (Å²) in [5.74, 6) is -0.330. The average Bonchev–Trinajstić information content (AvgIpc) is 2.72. The SMILES string of the molecule is CC1CCCN1C(CN)c1cccc(Cl)c1F. The number of nitrogens with zero attached hydrogens (tertiary/aromatic N) is 1. The topological polar surface area (TPSA) is 29.3 Å². The van der Waals surface area contributed by atoms with E-state index in [9.17, 15) is 4.39 Å². The minimum absolute atomic E-state index is 0.0637. The van der Waals surface area contributed by atoms with Gasteiger partial charge in [-0.05, 0) is 32.4 Å². The van der Waals surface area contributed by atoms with Gasteiger partial charge in [0.1, 0.15) is 5.82 Å². The van der Waals surface area contributed by atoms with Crippen LogP contribution in [0, 0.1) is 5.82 Å². The Morgan fingerprint density at radius 1 is 1.59 bits per heavy atom. The molecule has 2 rings (SSSR count). The number of likely N-dealkylation sites (tertiary alicyclic amines) is 1. The molecule has 0 amide bonds. The van der Waals surface area contributed by atoms with Gasteiger partial charge in [-0.25, -0.2) is 4.39 Å². The van der Waals surface area contributed by atoms with Crippen LogP contribution in [-0.4, -0.2) is 24.0 Å². The smallest absolute Gasteiger partial charge is 0.146 e. The molecule has 1 fully saturated rings. The van der Waals surface area contributed by atoms with Gasteiger partial charge in [-0.3, -0.25) is 4.90 Å². The molecule has 1 heterocycles. The van der Waals surface area contributed by atoms with Gasteiger partial charge >= 0.3 is 0 Å². The van der Waals surface area contributed by atoms with Crippen LogP contribution in [0.3, 0.4) is 0 Å². The molecule has 1 saturated heterocycles. The molecule has 2 N–H and O–H groups in total. The lowest BCUT2D eigenvalue weighted by molar-refractivity contribution is 0.192. The van der Waals surface area contributed by atoms with Gasteiger partial charge in [0.25, 0.3) is 0 Å². The molecule has 0 saturated carbocycles. The largest absolute Gasteiger partial charge is 0.329 e. The maximum Gasteiger partial charge on any atom is 0.146 e. The Morgan fingerprint density at radius 3 is 2.94 bits per heavy atom. The fourth-order valence-corrected chi connectivity index (χ4v) is 2.82. The fraction of sp³-hybridized carbons (Fsp3) is 0.538. The number of hydrogen-bond acceptors (Lipinski definition) is 2. The first-order valence-corrected chi connectivity index (χ1v) is 6.42. The zero-order valence-electron chi connectivity index (χ0n) is 10.00. The van der Waals surface area contributed by atoms with Crippen molar-refractivity contribution in [2.45, 2.75) is 31.8 Å². The highest BCUT2D eigenvalue weighted by molar-refractivity contribution is 6.30. The second kappa shape index (κ2) is 5.34. The lowest BCUT2D eigenvalue weighted by atomic mass is 10.0. The van der Waals surface area contributed by atoms with Gasteiger partial charge in [-0.1, -0.05) is 23.7 Å². The highest BCUT2D eigenvalue weighted by Crippen LogP contribution is 2.31. The summed E-state index contributed by atoms with van der Waals surface area (Å²) in [6.07, 6.45) is 2.30. The number of rotatable bonds is 3. The normalized spacial score (nSPS) is 22.9. The molecule has 0 spiro atoms. The molecule has 0 bridgehead atoms. The van der Waals surface area contributed by atoms with E-state index in [2.05, 4.69) is 11.8 Å². The van der Waals surface area contributed by atoms with Crippen LogP contribution >= 0.6 is 11.6 Å². The van der Waals surface area contributed by atoms with Gasteiger partial charge < -0.3 is 5.73 Å². The maximum absolute atomic E-state index is 14.0. The summed E-state index contributed by atoms with van der Waals surface area (Å²) in [6.45, 7) is 3.56. The van der Waals surface area contributed by atoms with Crippen molar-refractivity contribution < 1.29 is 4.39 Å². The van der Waals surface area contributed by atoms with Crippen molar-refractivity contribution in [2.24, 2.45) is 5.73 Å². The predicted molar refractivity (Wildman–Crippen MR) is 68.6 cm³/mol. The molecule has 1 aliphatic rings. The van der Waals surface area contributed by atoms with Crippen molar-refractivity contribution in [3.8, 4) is 0 Å². The van der Waals surface area contributed by atoms with Gasteiger partial charge in [0.05, 0.1) is 11.1 Å². The maximum atomic E-state index is 14.0. The molecule has 4 heteroatoms. The van der Waals surface area contributed by atoms with Crippen LogP contribution in [0.4, 0.5) is 4.39 Å². The summed E-state index contributed by atoms with van der Waals surface area (Å²) in [6, 6.07) is 5.53. The number of hydrogen-bond donors (Lipinski definition) is 1. The van der Waals surface area contributed by atoms with E-state index in [1.807, 2.05) is 0 Å². The molecule has 0 aliphatic carbocycles. The summed E-state index contributed by atoms with van der Waals surface area (Å²) in [4.78, 5) is 2.27. The Labute approximate surface area is 107 Å². The van der Waals surface area contributed by atoms with Crippen molar-refractivity contribution in [3.05, 3.63) is 34.6 Å². The molecule has 0 aromatic heterocycles. The predicted octanol–water partition coefficient (Wildman–Crippen LogP) is 2.96. The van der Waals surface area contributed by atoms with Crippen LogP contribution < -0.4 is 5.73 Å². The van der Waals surface area contributed by atoms with Crippen LogP contribution in [-0.2, 0) is 0 Å². The third-order valence-corrected chi connectivity index (χ3v) is 3.86. The Morgan fingerprint density at radius 2 is 2.35 bits per heavy atom. The summed E-state index contributed by atoms with van der Waals surface area (Å²) >= 11 is 5.82. The molecular formula is C13H18ClFN2. The second-order valence-corrected chi connectivity index (χ2v) is 5.03. The molecule has 94 valence electrons. The molecule has 17 heavy (non-hydrogen) atoms. The van der Waals surface area contributed by atoms with E-state index in [0.29, 0.717) is 18.2 Å². The van der Waals surface area contributed by atoms with Gasteiger partial charge in [0, 0.05) is 18.2 Å². The van der Waals surface area contributed by atoms with Crippen molar-refractivity contribution in [1.29, 1.82) is 0 Å². The van der Waals surface area contributed by atoms with E-state index in [1.165, 1.54) is 0 Å². The van der Waals surface area contributed by atoms with E-state index in [4.69, 9.17) is 17.3 Å². The Hall–Kier alpha value is -0.640. The molecule has 1 aliphatic heterocycles. The fourth-order valence-electron chi connectivity index (χ4n) is 2.64. The summed E-state index contributed by atoms with van der Waals surface area (Å²) in [7, 11) is 0. The van der Waals surface area contributed by atoms with Gasteiger partial charge in [-0.15, -0.1) is 0 Å². The lowest BCUT2D eigenvalue weighted by Gasteiger charge is -2.31. The zero-order chi connectivity index (χ0) is 12.4. The van der Waals surface area contributed by atoms with Crippen molar-refractivity contribution >= 4 is 11.6 Å². The van der Waals surface area contributed by atoms with E-state index in [-0.39, 0.29) is 16.9 Å².